The van der Waals surface area contributed by atoms with Crippen molar-refractivity contribution < 1.29 is 51.4 Å². The minimum absolute atomic E-state index is 0. The summed E-state index contributed by atoms with van der Waals surface area (Å²) < 4.78 is 0. The summed E-state index contributed by atoms with van der Waals surface area (Å²) in [7, 11) is 0. The maximum Gasteiger partial charge on any atom is 1.00 e. The van der Waals surface area contributed by atoms with Gasteiger partial charge in [0.1, 0.15) is 0 Å². The van der Waals surface area contributed by atoms with Crippen LogP contribution in [0.1, 0.15) is 19.3 Å². The fourth-order valence-corrected chi connectivity index (χ4v) is 1.30. The Bertz CT molecular complexity index is 80.5. The third kappa shape index (κ3) is 1.36. The fourth-order valence-electron chi connectivity index (χ4n) is 1.30. The van der Waals surface area contributed by atoms with Crippen molar-refractivity contribution in [2.45, 2.75) is 19.3 Å². The van der Waals surface area contributed by atoms with E-state index in [4.69, 9.17) is 0 Å². The van der Waals surface area contributed by atoms with E-state index in [0.717, 1.165) is 12.0 Å². The predicted octanol–water partition coefficient (Wildman–Crippen LogP) is -1.45. The molecule has 1 spiro atoms. The number of nitrogens with zero attached hydrogens (tertiary/aromatic N) is 1. The molecular weight excluding hydrogens is 125 g/mol. The minimum Gasteiger partial charge on any atom is -0.662 e. The third-order valence-electron chi connectivity index (χ3n) is 2.20. The summed E-state index contributed by atoms with van der Waals surface area (Å²) >= 11 is 0. The van der Waals surface area contributed by atoms with E-state index in [1.165, 1.54) is 25.8 Å². The zero-order valence-corrected chi connectivity index (χ0v) is 8.61. The van der Waals surface area contributed by atoms with Gasteiger partial charge in [0.15, 0.2) is 0 Å². The van der Waals surface area contributed by atoms with E-state index in [-0.39, 0.29) is 51.4 Å². The molecule has 2 aliphatic rings. The Labute approximate surface area is 93.0 Å². The molecule has 0 atom stereocenters. The molecular formula is C6H10KN. The van der Waals surface area contributed by atoms with Gasteiger partial charge in [-0.15, -0.1) is 13.1 Å². The largest absolute Gasteiger partial charge is 1.00 e. The van der Waals surface area contributed by atoms with Crippen molar-refractivity contribution in [1.29, 1.82) is 0 Å². The van der Waals surface area contributed by atoms with Gasteiger partial charge < -0.3 is 5.32 Å². The molecule has 1 heterocycles. The first kappa shape index (κ1) is 7.70. The van der Waals surface area contributed by atoms with Crippen molar-refractivity contribution in [3.63, 3.8) is 0 Å². The first-order chi connectivity index (χ1) is 3.41. The summed E-state index contributed by atoms with van der Waals surface area (Å²) in [6.07, 6.45) is 4.33. The second kappa shape index (κ2) is 2.68. The fraction of sp³-hybridized carbons (Fsp3) is 1.00. The van der Waals surface area contributed by atoms with Crippen LogP contribution in [0.15, 0.2) is 0 Å². The number of hydrogen-bond donors (Lipinski definition) is 0. The molecule has 0 aromatic carbocycles. The van der Waals surface area contributed by atoms with Crippen molar-refractivity contribution in [1.82, 2.24) is 0 Å². The molecule has 0 bridgehead atoms. The maximum atomic E-state index is 4.30. The van der Waals surface area contributed by atoms with Crippen molar-refractivity contribution in [3.05, 3.63) is 5.32 Å². The monoisotopic (exact) mass is 135 g/mol. The van der Waals surface area contributed by atoms with Gasteiger partial charge in [-0.25, -0.2) is 0 Å². The molecule has 2 heteroatoms. The molecule has 0 unspecified atom stereocenters. The van der Waals surface area contributed by atoms with Gasteiger partial charge in [-0.1, -0.05) is 11.8 Å². The van der Waals surface area contributed by atoms with E-state index < -0.39 is 0 Å². The van der Waals surface area contributed by atoms with Gasteiger partial charge in [0.2, 0.25) is 0 Å². The standard InChI is InChI=1S/C6H10N.K/c1-2-6(1)3-4-7-5-6;/h1-5H2;/q-1;+1. The molecule has 1 aliphatic heterocycles. The smallest absolute Gasteiger partial charge is 0.662 e. The van der Waals surface area contributed by atoms with Gasteiger partial charge >= 0.3 is 51.4 Å². The first-order valence-corrected chi connectivity index (χ1v) is 3.05. The Morgan fingerprint density at radius 2 is 1.88 bits per heavy atom. The molecule has 0 radical (unpaired) electrons. The average Bonchev–Trinajstić information content (AvgIpc) is 2.15. The van der Waals surface area contributed by atoms with E-state index in [0.29, 0.717) is 0 Å². The van der Waals surface area contributed by atoms with Crippen LogP contribution in [0, 0.1) is 5.41 Å². The zero-order chi connectivity index (χ0) is 4.74. The van der Waals surface area contributed by atoms with Crippen LogP contribution in [0.3, 0.4) is 0 Å². The van der Waals surface area contributed by atoms with Crippen molar-refractivity contribution in [3.8, 4) is 0 Å². The van der Waals surface area contributed by atoms with Gasteiger partial charge in [-0.3, -0.25) is 0 Å². The molecule has 2 rings (SSSR count). The summed E-state index contributed by atoms with van der Waals surface area (Å²) in [4.78, 5) is 0. The zero-order valence-electron chi connectivity index (χ0n) is 5.48. The minimum atomic E-state index is 0. The van der Waals surface area contributed by atoms with Crippen molar-refractivity contribution in [2.75, 3.05) is 13.1 Å². The Morgan fingerprint density at radius 1 is 1.12 bits per heavy atom. The summed E-state index contributed by atoms with van der Waals surface area (Å²) in [6.45, 7) is 2.34. The van der Waals surface area contributed by atoms with E-state index in [9.17, 15) is 0 Å². The average molecular weight is 135 g/mol. The Balaban J connectivity index is 0.000000320. The maximum absolute atomic E-state index is 4.30. The molecule has 0 N–H and O–H groups in total. The molecule has 8 heavy (non-hydrogen) atoms. The normalized spacial score (nSPS) is 30.0. The Kier molecular flexibility index (Phi) is 2.58. The first-order valence-electron chi connectivity index (χ1n) is 3.05. The van der Waals surface area contributed by atoms with Crippen LogP contribution in [0.2, 0.25) is 0 Å². The summed E-state index contributed by atoms with van der Waals surface area (Å²) in [6, 6.07) is 0. The van der Waals surface area contributed by atoms with Crippen LogP contribution in [0.5, 0.6) is 0 Å². The van der Waals surface area contributed by atoms with Crippen LogP contribution < -0.4 is 51.4 Å². The van der Waals surface area contributed by atoms with Gasteiger partial charge in [-0.2, -0.15) is 0 Å². The van der Waals surface area contributed by atoms with Gasteiger partial charge in [0.25, 0.3) is 0 Å². The summed E-state index contributed by atoms with van der Waals surface area (Å²) in [5.74, 6) is 0. The molecule has 0 amide bonds. The third-order valence-corrected chi connectivity index (χ3v) is 2.20. The quantitative estimate of drug-likeness (QED) is 0.361. The molecule has 1 nitrogen and oxygen atoms in total. The number of rotatable bonds is 0. The molecule has 1 saturated carbocycles. The van der Waals surface area contributed by atoms with E-state index in [1.807, 2.05) is 0 Å². The topological polar surface area (TPSA) is 14.1 Å². The Morgan fingerprint density at radius 3 is 2.12 bits per heavy atom. The summed E-state index contributed by atoms with van der Waals surface area (Å²) in [5.41, 5.74) is 0.778. The van der Waals surface area contributed by atoms with Crippen LogP contribution in [0.25, 0.3) is 5.32 Å². The van der Waals surface area contributed by atoms with Crippen molar-refractivity contribution in [2.24, 2.45) is 5.41 Å². The second-order valence-corrected chi connectivity index (χ2v) is 2.86. The summed E-state index contributed by atoms with van der Waals surface area (Å²) in [5, 5.41) is 4.30. The molecule has 2 fully saturated rings. The van der Waals surface area contributed by atoms with Crippen molar-refractivity contribution >= 4 is 0 Å². The Hall–Kier alpha value is 1.60. The molecule has 1 aliphatic carbocycles. The van der Waals surface area contributed by atoms with Crippen LogP contribution >= 0.6 is 0 Å². The molecule has 1 saturated heterocycles. The number of hydrogen-bond acceptors (Lipinski definition) is 0. The van der Waals surface area contributed by atoms with E-state index >= 15 is 0 Å². The van der Waals surface area contributed by atoms with Crippen LogP contribution in [-0.4, -0.2) is 13.1 Å². The van der Waals surface area contributed by atoms with Crippen LogP contribution in [0.4, 0.5) is 0 Å². The second-order valence-electron chi connectivity index (χ2n) is 2.86. The van der Waals surface area contributed by atoms with Crippen LogP contribution in [-0.2, 0) is 0 Å². The SMILES string of the molecule is C1CC2(CC2)C[N-]1.[K+]. The van der Waals surface area contributed by atoms with Gasteiger partial charge in [0, 0.05) is 0 Å². The van der Waals surface area contributed by atoms with E-state index in [1.54, 1.807) is 0 Å². The molecule has 0 aromatic heterocycles. The van der Waals surface area contributed by atoms with Gasteiger partial charge in [0.05, 0.1) is 0 Å². The predicted molar refractivity (Wildman–Crippen MR) is 29.4 cm³/mol. The van der Waals surface area contributed by atoms with E-state index in [2.05, 4.69) is 5.32 Å². The van der Waals surface area contributed by atoms with Gasteiger partial charge in [-0.05, 0) is 12.8 Å². The molecule has 40 valence electrons. The molecule has 0 aromatic rings.